The fourth-order valence-corrected chi connectivity index (χ4v) is 7.15. The molecular weight excluding hydrogens is 698 g/mol. The molecule has 2 heterocycles. The standard InChI is InChI=1S/C40H46ClN5O7/c1-6-10-28(33(47)37(50)42-26-16-17-26)43-35(48)30-21-40(20-29(45-53-40)24-12-9-13-25(41)19-24)22-46(30)38(51)34(39(2,3)4)44-36(49)32-27-14-8-7-11-23(27)15-18-31(32)52-5/h7-9,11-15,18-20,26,28,30,34,45H,6,10,16-17,21-22H2,1-5H3,(H,42,50)(H,43,48)(H,44,49)/t28-,30-,34+,40+/m0/s1. The van der Waals surface area contributed by atoms with Gasteiger partial charge in [-0.25, -0.2) is 0 Å². The van der Waals surface area contributed by atoms with Crippen molar-refractivity contribution < 1.29 is 33.5 Å². The summed E-state index contributed by atoms with van der Waals surface area (Å²) in [5, 5.41) is 10.5. The molecule has 13 heteroatoms. The summed E-state index contributed by atoms with van der Waals surface area (Å²) in [5.74, 6) is -2.76. The van der Waals surface area contributed by atoms with Crippen LogP contribution >= 0.6 is 11.6 Å². The maximum absolute atomic E-state index is 14.9. The first-order valence-corrected chi connectivity index (χ1v) is 18.4. The van der Waals surface area contributed by atoms with Crippen LogP contribution in [0.15, 0.2) is 66.7 Å². The van der Waals surface area contributed by atoms with Crippen molar-refractivity contribution in [1.29, 1.82) is 0 Å². The van der Waals surface area contributed by atoms with Gasteiger partial charge in [0.2, 0.25) is 17.6 Å². The second-order valence-electron chi connectivity index (χ2n) is 15.1. The van der Waals surface area contributed by atoms with E-state index in [0.717, 1.165) is 23.8 Å². The van der Waals surface area contributed by atoms with Gasteiger partial charge in [0.25, 0.3) is 11.8 Å². The fraction of sp³-hybridized carbons (Fsp3) is 0.425. The molecule has 2 aliphatic heterocycles. The van der Waals surface area contributed by atoms with E-state index in [2.05, 4.69) is 21.4 Å². The number of rotatable bonds is 12. The van der Waals surface area contributed by atoms with E-state index >= 15 is 0 Å². The fourth-order valence-electron chi connectivity index (χ4n) is 6.96. The molecule has 6 rings (SSSR count). The Kier molecular flexibility index (Phi) is 10.8. The van der Waals surface area contributed by atoms with Crippen molar-refractivity contribution in [1.82, 2.24) is 26.3 Å². The van der Waals surface area contributed by atoms with E-state index in [1.54, 1.807) is 24.3 Å². The second-order valence-corrected chi connectivity index (χ2v) is 15.6. The highest BCUT2D eigenvalue weighted by Gasteiger charge is 2.54. The summed E-state index contributed by atoms with van der Waals surface area (Å²) >= 11 is 6.27. The first kappa shape index (κ1) is 37.8. The molecule has 4 atom stereocenters. The number of nitrogens with zero attached hydrogens (tertiary/aromatic N) is 1. The number of likely N-dealkylation sites (tertiary alicyclic amines) is 1. The third-order valence-electron chi connectivity index (χ3n) is 9.92. The van der Waals surface area contributed by atoms with Crippen LogP contribution in [-0.4, -0.2) is 77.7 Å². The number of hydrogen-bond acceptors (Lipinski definition) is 8. The van der Waals surface area contributed by atoms with Crippen molar-refractivity contribution >= 4 is 57.5 Å². The molecule has 1 saturated heterocycles. The number of amides is 4. The molecule has 0 unspecified atom stereocenters. The summed E-state index contributed by atoms with van der Waals surface area (Å²) in [6, 6.07) is 14.8. The molecule has 1 aliphatic carbocycles. The molecule has 1 saturated carbocycles. The van der Waals surface area contributed by atoms with Crippen LogP contribution in [0.4, 0.5) is 0 Å². The molecule has 3 aromatic carbocycles. The normalized spacial score (nSPS) is 20.7. The Hall–Kier alpha value is -4.94. The zero-order valence-corrected chi connectivity index (χ0v) is 31.3. The Morgan fingerprint density at radius 1 is 1.04 bits per heavy atom. The van der Waals surface area contributed by atoms with Gasteiger partial charge in [-0.3, -0.25) is 34.3 Å². The number of carbonyl (C=O) groups excluding carboxylic acids is 5. The maximum Gasteiger partial charge on any atom is 0.289 e. The SMILES string of the molecule is CCC[C@H](NC(=O)[C@@H]1C[C@]2(C=C(c3cccc(Cl)c3)NO2)CN1C(=O)[C@@H](NC(=O)c1c(OC)ccc2ccccc12)C(C)(C)C)C(=O)C(=O)NC1CC1. The van der Waals surface area contributed by atoms with Gasteiger partial charge in [0, 0.05) is 23.0 Å². The van der Waals surface area contributed by atoms with E-state index < -0.39 is 58.6 Å². The molecule has 2 fully saturated rings. The van der Waals surface area contributed by atoms with Crippen LogP contribution in [0.3, 0.4) is 0 Å². The minimum atomic E-state index is -1.14. The number of fused-ring (bicyclic) bond motifs is 1. The van der Waals surface area contributed by atoms with Gasteiger partial charge in [-0.15, -0.1) is 0 Å². The van der Waals surface area contributed by atoms with E-state index in [0.29, 0.717) is 28.3 Å². The number of benzene rings is 3. The summed E-state index contributed by atoms with van der Waals surface area (Å²) in [7, 11) is 1.48. The lowest BCUT2D eigenvalue weighted by Crippen LogP contribution is -2.59. The van der Waals surface area contributed by atoms with Gasteiger partial charge in [0.1, 0.15) is 23.4 Å². The predicted molar refractivity (Wildman–Crippen MR) is 201 cm³/mol. The van der Waals surface area contributed by atoms with Crippen molar-refractivity contribution in [2.75, 3.05) is 13.7 Å². The molecule has 280 valence electrons. The van der Waals surface area contributed by atoms with E-state index in [1.807, 2.05) is 70.2 Å². The summed E-state index contributed by atoms with van der Waals surface area (Å²) in [6.07, 6.45) is 4.24. The summed E-state index contributed by atoms with van der Waals surface area (Å²) in [4.78, 5) is 76.9. The van der Waals surface area contributed by atoms with Crippen LogP contribution in [0, 0.1) is 5.41 Å². The number of carbonyl (C=O) groups is 5. The Balaban J connectivity index is 1.33. The third kappa shape index (κ3) is 8.18. The lowest BCUT2D eigenvalue weighted by molar-refractivity contribution is -0.144. The molecule has 0 aromatic heterocycles. The number of hydrogen-bond donors (Lipinski definition) is 4. The van der Waals surface area contributed by atoms with Crippen LogP contribution in [-0.2, 0) is 24.0 Å². The maximum atomic E-state index is 14.9. The first-order chi connectivity index (χ1) is 25.2. The summed E-state index contributed by atoms with van der Waals surface area (Å²) in [6.45, 7) is 7.30. The summed E-state index contributed by atoms with van der Waals surface area (Å²) < 4.78 is 5.58. The predicted octanol–water partition coefficient (Wildman–Crippen LogP) is 4.69. The monoisotopic (exact) mass is 743 g/mol. The van der Waals surface area contributed by atoms with E-state index in [4.69, 9.17) is 21.2 Å². The summed E-state index contributed by atoms with van der Waals surface area (Å²) in [5.41, 5.74) is 2.63. The number of hydroxylamine groups is 1. The Morgan fingerprint density at radius 3 is 2.47 bits per heavy atom. The van der Waals surface area contributed by atoms with E-state index in [9.17, 15) is 24.0 Å². The van der Waals surface area contributed by atoms with E-state index in [1.165, 1.54) is 12.0 Å². The molecule has 12 nitrogen and oxygen atoms in total. The zero-order valence-electron chi connectivity index (χ0n) is 30.6. The Bertz CT molecular complexity index is 1970. The van der Waals surface area contributed by atoms with Crippen LogP contribution in [0.2, 0.25) is 5.02 Å². The second kappa shape index (κ2) is 15.2. The molecule has 3 aliphatic rings. The number of methoxy groups -OCH3 is 1. The van der Waals surface area contributed by atoms with E-state index in [-0.39, 0.29) is 31.0 Å². The molecule has 0 bridgehead atoms. The minimum absolute atomic E-state index is 0.0295. The lowest BCUT2D eigenvalue weighted by Gasteiger charge is -2.36. The van der Waals surface area contributed by atoms with Gasteiger partial charge in [0.05, 0.1) is 31.0 Å². The smallest absolute Gasteiger partial charge is 0.289 e. The van der Waals surface area contributed by atoms with Crippen LogP contribution < -0.4 is 26.2 Å². The average Bonchev–Trinajstić information content (AvgIpc) is 3.72. The average molecular weight is 744 g/mol. The van der Waals surface area contributed by atoms with Crippen molar-refractivity contribution in [3.8, 4) is 5.75 Å². The lowest BCUT2D eigenvalue weighted by atomic mass is 9.85. The van der Waals surface area contributed by atoms with Crippen LogP contribution in [0.25, 0.3) is 16.5 Å². The van der Waals surface area contributed by atoms with Crippen molar-refractivity contribution in [2.45, 2.75) is 89.6 Å². The van der Waals surface area contributed by atoms with Crippen molar-refractivity contribution in [3.05, 3.63) is 82.9 Å². The third-order valence-corrected chi connectivity index (χ3v) is 10.2. The zero-order chi connectivity index (χ0) is 38.1. The Labute approximate surface area is 313 Å². The van der Waals surface area contributed by atoms with Gasteiger partial charge in [-0.1, -0.05) is 88.2 Å². The quantitative estimate of drug-likeness (QED) is 0.195. The Morgan fingerprint density at radius 2 is 1.79 bits per heavy atom. The number of nitrogens with one attached hydrogen (secondary N) is 4. The molecule has 1 spiro atoms. The highest BCUT2D eigenvalue weighted by atomic mass is 35.5. The van der Waals surface area contributed by atoms with Gasteiger partial charge >= 0.3 is 0 Å². The number of halogens is 1. The number of Topliss-reactive ketones (excluding diaryl/α,β-unsaturated/α-hetero) is 1. The highest BCUT2D eigenvalue weighted by molar-refractivity contribution is 6.38. The van der Waals surface area contributed by atoms with Crippen molar-refractivity contribution in [3.63, 3.8) is 0 Å². The van der Waals surface area contributed by atoms with Gasteiger partial charge in [-0.05, 0) is 59.7 Å². The number of ether oxygens (including phenoxy) is 1. The molecule has 4 amide bonds. The molecule has 3 aromatic rings. The van der Waals surface area contributed by atoms with Gasteiger partial charge < -0.3 is 25.6 Å². The largest absolute Gasteiger partial charge is 0.496 e. The van der Waals surface area contributed by atoms with Gasteiger partial charge in [-0.2, -0.15) is 0 Å². The molecular formula is C40H46ClN5O7. The minimum Gasteiger partial charge on any atom is -0.496 e. The molecule has 0 radical (unpaired) electrons. The van der Waals surface area contributed by atoms with Gasteiger partial charge in [0.15, 0.2) is 0 Å². The topological polar surface area (TPSA) is 155 Å². The van der Waals surface area contributed by atoms with Crippen LogP contribution in [0.1, 0.15) is 75.7 Å². The first-order valence-electron chi connectivity index (χ1n) is 18.0. The molecule has 53 heavy (non-hydrogen) atoms. The highest BCUT2D eigenvalue weighted by Crippen LogP contribution is 2.39. The molecule has 4 N–H and O–H groups in total. The van der Waals surface area contributed by atoms with Crippen LogP contribution in [0.5, 0.6) is 5.75 Å². The number of ketones is 1. The van der Waals surface area contributed by atoms with Crippen molar-refractivity contribution in [2.24, 2.45) is 5.41 Å².